The third-order valence-electron chi connectivity index (χ3n) is 5.40. The molecule has 2 amide bonds. The van der Waals surface area contributed by atoms with Gasteiger partial charge in [-0.1, -0.05) is 23.5 Å². The highest BCUT2D eigenvalue weighted by Crippen LogP contribution is 2.32. The van der Waals surface area contributed by atoms with E-state index in [4.69, 9.17) is 4.74 Å². The number of amides is 2. The van der Waals surface area contributed by atoms with Crippen molar-refractivity contribution < 1.29 is 14.3 Å². The number of hydrogen-bond donors (Lipinski definition) is 1. The Labute approximate surface area is 173 Å². The normalized spacial score (nSPS) is 19.5. The number of methoxy groups -OCH3 is 1. The second-order valence-corrected chi connectivity index (χ2v) is 8.30. The van der Waals surface area contributed by atoms with Crippen molar-refractivity contribution in [3.05, 3.63) is 29.8 Å². The Morgan fingerprint density at radius 1 is 1.21 bits per heavy atom. The molecule has 1 N–H and O–H groups in total. The van der Waals surface area contributed by atoms with Crippen LogP contribution in [-0.4, -0.2) is 48.8 Å². The highest BCUT2D eigenvalue weighted by Gasteiger charge is 2.30. The van der Waals surface area contributed by atoms with Gasteiger partial charge in [0.1, 0.15) is 5.75 Å². The van der Waals surface area contributed by atoms with Gasteiger partial charge in [0.25, 0.3) is 0 Å². The summed E-state index contributed by atoms with van der Waals surface area (Å²) in [6.45, 7) is 2.69. The van der Waals surface area contributed by atoms with Gasteiger partial charge in [-0.25, -0.2) is 0 Å². The summed E-state index contributed by atoms with van der Waals surface area (Å²) in [6, 6.07) is 7.69. The van der Waals surface area contributed by atoms with Crippen LogP contribution in [0.5, 0.6) is 5.75 Å². The number of aromatic nitrogens is 2. The average Bonchev–Trinajstić information content (AvgIpc) is 3.41. The lowest BCUT2D eigenvalue weighted by atomic mass is 9.97. The van der Waals surface area contributed by atoms with Crippen molar-refractivity contribution in [3.63, 3.8) is 0 Å². The van der Waals surface area contributed by atoms with Gasteiger partial charge in [-0.2, -0.15) is 0 Å². The minimum absolute atomic E-state index is 0.0602. The number of anilines is 2. The first kappa shape index (κ1) is 19.6. The number of piperidine rings is 1. The van der Waals surface area contributed by atoms with Crippen LogP contribution in [0, 0.1) is 5.92 Å². The van der Waals surface area contributed by atoms with Gasteiger partial charge in [0.15, 0.2) is 0 Å². The van der Waals surface area contributed by atoms with E-state index in [-0.39, 0.29) is 17.7 Å². The summed E-state index contributed by atoms with van der Waals surface area (Å²) in [7, 11) is 1.63. The molecular weight excluding hydrogens is 390 g/mol. The van der Waals surface area contributed by atoms with Crippen LogP contribution in [-0.2, 0) is 16.1 Å². The Hall–Kier alpha value is -2.68. The van der Waals surface area contributed by atoms with E-state index in [1.165, 1.54) is 11.3 Å². The molecule has 2 aliphatic rings. The first-order valence-electron chi connectivity index (χ1n) is 9.93. The summed E-state index contributed by atoms with van der Waals surface area (Å²) < 4.78 is 5.16. The molecule has 1 aromatic carbocycles. The van der Waals surface area contributed by atoms with Crippen LogP contribution in [0.4, 0.5) is 10.3 Å². The van der Waals surface area contributed by atoms with Gasteiger partial charge in [0, 0.05) is 32.6 Å². The fourth-order valence-electron chi connectivity index (χ4n) is 3.74. The van der Waals surface area contributed by atoms with Gasteiger partial charge in [-0.15, -0.1) is 10.2 Å². The Morgan fingerprint density at radius 2 is 2.00 bits per heavy atom. The van der Waals surface area contributed by atoms with Crippen molar-refractivity contribution in [2.24, 2.45) is 5.92 Å². The SMILES string of the molecule is COc1ccc(CNC(=O)C2CCCN(c3nnc(N4CCCC4=O)s3)C2)cc1. The summed E-state index contributed by atoms with van der Waals surface area (Å²) in [4.78, 5) is 28.4. The lowest BCUT2D eigenvalue weighted by Gasteiger charge is -2.31. The number of nitrogens with one attached hydrogen (secondary N) is 1. The largest absolute Gasteiger partial charge is 0.497 e. The van der Waals surface area contributed by atoms with Crippen molar-refractivity contribution >= 4 is 33.4 Å². The van der Waals surface area contributed by atoms with Crippen molar-refractivity contribution in [3.8, 4) is 5.75 Å². The second kappa shape index (κ2) is 8.77. The minimum Gasteiger partial charge on any atom is -0.497 e. The Morgan fingerprint density at radius 3 is 2.72 bits per heavy atom. The van der Waals surface area contributed by atoms with Crippen molar-refractivity contribution in [1.82, 2.24) is 15.5 Å². The van der Waals surface area contributed by atoms with Gasteiger partial charge in [0.2, 0.25) is 22.1 Å². The van der Waals surface area contributed by atoms with Crippen LogP contribution in [0.3, 0.4) is 0 Å². The Bertz CT molecular complexity index is 869. The van der Waals surface area contributed by atoms with Crippen LogP contribution in [0.25, 0.3) is 0 Å². The number of nitrogens with zero attached hydrogens (tertiary/aromatic N) is 4. The monoisotopic (exact) mass is 415 g/mol. The third-order valence-corrected chi connectivity index (χ3v) is 6.40. The molecule has 0 spiro atoms. The summed E-state index contributed by atoms with van der Waals surface area (Å²) in [5, 5.41) is 13.0. The van der Waals surface area contributed by atoms with Gasteiger partial charge in [-0.05, 0) is 37.0 Å². The lowest BCUT2D eigenvalue weighted by Crippen LogP contribution is -2.43. The highest BCUT2D eigenvalue weighted by atomic mass is 32.1. The molecule has 2 aromatic rings. The number of ether oxygens (including phenoxy) is 1. The van der Waals surface area contributed by atoms with Crippen LogP contribution in [0.1, 0.15) is 31.2 Å². The molecule has 2 fully saturated rings. The topological polar surface area (TPSA) is 87.7 Å². The molecule has 1 atom stereocenters. The zero-order valence-corrected chi connectivity index (χ0v) is 17.3. The highest BCUT2D eigenvalue weighted by molar-refractivity contribution is 7.19. The zero-order valence-electron chi connectivity index (χ0n) is 16.5. The van der Waals surface area contributed by atoms with E-state index in [0.717, 1.165) is 42.3 Å². The number of carbonyl (C=O) groups excluding carboxylic acids is 2. The summed E-state index contributed by atoms with van der Waals surface area (Å²) in [5.74, 6) is 0.893. The molecule has 2 aliphatic heterocycles. The Kier molecular flexibility index (Phi) is 5.94. The minimum atomic E-state index is -0.0808. The Balaban J connectivity index is 1.33. The van der Waals surface area contributed by atoms with Crippen LogP contribution < -0.4 is 19.9 Å². The first-order valence-corrected chi connectivity index (χ1v) is 10.7. The van der Waals surface area contributed by atoms with E-state index in [1.54, 1.807) is 12.0 Å². The maximum Gasteiger partial charge on any atom is 0.228 e. The van der Waals surface area contributed by atoms with E-state index in [0.29, 0.717) is 31.2 Å². The van der Waals surface area contributed by atoms with E-state index in [2.05, 4.69) is 20.4 Å². The predicted molar refractivity (Wildman–Crippen MR) is 111 cm³/mol. The van der Waals surface area contributed by atoms with E-state index < -0.39 is 0 Å². The third kappa shape index (κ3) is 4.50. The molecule has 2 saturated heterocycles. The number of carbonyl (C=O) groups is 2. The van der Waals surface area contributed by atoms with Crippen molar-refractivity contribution in [2.75, 3.05) is 36.5 Å². The number of benzene rings is 1. The molecule has 1 unspecified atom stereocenters. The predicted octanol–water partition coefficient (Wildman–Crippen LogP) is 2.21. The van der Waals surface area contributed by atoms with Gasteiger partial charge in [0.05, 0.1) is 13.0 Å². The fourth-order valence-corrected chi connectivity index (χ4v) is 4.66. The van der Waals surface area contributed by atoms with E-state index in [9.17, 15) is 9.59 Å². The van der Waals surface area contributed by atoms with E-state index in [1.807, 2.05) is 24.3 Å². The van der Waals surface area contributed by atoms with Crippen LogP contribution in [0.15, 0.2) is 24.3 Å². The van der Waals surface area contributed by atoms with Gasteiger partial charge >= 0.3 is 0 Å². The zero-order chi connectivity index (χ0) is 20.2. The molecule has 0 saturated carbocycles. The summed E-state index contributed by atoms with van der Waals surface area (Å²) >= 11 is 1.43. The average molecular weight is 416 g/mol. The maximum atomic E-state index is 12.7. The number of hydrogen-bond acceptors (Lipinski definition) is 7. The molecule has 9 heteroatoms. The molecule has 154 valence electrons. The number of rotatable bonds is 6. The van der Waals surface area contributed by atoms with Crippen LogP contribution in [0.2, 0.25) is 0 Å². The summed E-state index contributed by atoms with van der Waals surface area (Å²) in [5.41, 5.74) is 1.04. The molecule has 0 aliphatic carbocycles. The lowest BCUT2D eigenvalue weighted by molar-refractivity contribution is -0.125. The van der Waals surface area contributed by atoms with Gasteiger partial charge < -0.3 is 15.0 Å². The van der Waals surface area contributed by atoms with E-state index >= 15 is 0 Å². The van der Waals surface area contributed by atoms with Gasteiger partial charge in [-0.3, -0.25) is 14.5 Å². The van der Waals surface area contributed by atoms with Crippen LogP contribution >= 0.6 is 11.3 Å². The molecule has 8 nitrogen and oxygen atoms in total. The smallest absolute Gasteiger partial charge is 0.228 e. The fraction of sp³-hybridized carbons (Fsp3) is 0.500. The standard InChI is InChI=1S/C20H25N5O3S/c1-28-16-8-6-14(7-9-16)12-21-18(27)15-4-2-10-24(13-15)19-22-23-20(29-19)25-11-3-5-17(25)26/h6-9,15H,2-5,10-13H2,1H3,(H,21,27). The molecule has 1 aromatic heterocycles. The molecule has 3 heterocycles. The molecule has 0 bridgehead atoms. The second-order valence-electron chi connectivity index (χ2n) is 7.37. The first-order chi connectivity index (χ1) is 14.1. The summed E-state index contributed by atoms with van der Waals surface area (Å²) in [6.07, 6.45) is 3.24. The maximum absolute atomic E-state index is 12.7. The molecule has 29 heavy (non-hydrogen) atoms. The quantitative estimate of drug-likeness (QED) is 0.778. The van der Waals surface area contributed by atoms with Crippen molar-refractivity contribution in [1.29, 1.82) is 0 Å². The molecular formula is C20H25N5O3S. The molecule has 4 rings (SSSR count). The van der Waals surface area contributed by atoms with Crippen molar-refractivity contribution in [2.45, 2.75) is 32.2 Å². The molecule has 0 radical (unpaired) electrons.